The smallest absolute Gasteiger partial charge is 0.305 e. The number of nitrogens with zero attached hydrogens (tertiary/aromatic N) is 2. The molecule has 1 amide bonds. The van der Waals surface area contributed by atoms with Gasteiger partial charge in [0.05, 0.1) is 12.6 Å². The number of nitrogens with one attached hydrogen (secondary N) is 1. The SMILES string of the molecule is O=C(O)CC1SC(=NN=Cc2cccc(OCc3ccc(Cl)cc3Cl)c2)NC1=O. The average Bonchev–Trinajstić information content (AvgIpc) is 3.00. The van der Waals surface area contributed by atoms with Gasteiger partial charge in [-0.1, -0.05) is 53.2 Å². The summed E-state index contributed by atoms with van der Waals surface area (Å²) in [7, 11) is 0. The molecular formula is C19H15Cl2N3O4S. The molecule has 1 unspecified atom stereocenters. The summed E-state index contributed by atoms with van der Waals surface area (Å²) in [4.78, 5) is 22.4. The summed E-state index contributed by atoms with van der Waals surface area (Å²) in [5.74, 6) is -0.806. The zero-order chi connectivity index (χ0) is 20.8. The highest BCUT2D eigenvalue weighted by Crippen LogP contribution is 2.24. The fraction of sp³-hybridized carbons (Fsp3) is 0.158. The molecule has 150 valence electrons. The lowest BCUT2D eigenvalue weighted by Crippen LogP contribution is -2.26. The number of carbonyl (C=O) groups excluding carboxylic acids is 1. The minimum atomic E-state index is -1.04. The van der Waals surface area contributed by atoms with E-state index in [1.54, 1.807) is 30.3 Å². The zero-order valence-corrected chi connectivity index (χ0v) is 17.2. The fourth-order valence-electron chi connectivity index (χ4n) is 2.38. The van der Waals surface area contributed by atoms with Crippen molar-refractivity contribution in [2.45, 2.75) is 18.3 Å². The lowest BCUT2D eigenvalue weighted by atomic mass is 10.2. The summed E-state index contributed by atoms with van der Waals surface area (Å²) in [6.07, 6.45) is 1.24. The first-order valence-electron chi connectivity index (χ1n) is 8.38. The van der Waals surface area contributed by atoms with Crippen LogP contribution in [0.25, 0.3) is 0 Å². The van der Waals surface area contributed by atoms with Gasteiger partial charge < -0.3 is 15.2 Å². The third kappa shape index (κ3) is 6.22. The van der Waals surface area contributed by atoms with E-state index in [0.29, 0.717) is 15.8 Å². The Kier molecular flexibility index (Phi) is 7.13. The molecule has 3 rings (SSSR count). The molecule has 2 aromatic rings. The maximum atomic E-state index is 11.7. The molecule has 1 fully saturated rings. The Hall–Kier alpha value is -2.55. The molecule has 7 nitrogen and oxygen atoms in total. The quantitative estimate of drug-likeness (QED) is 0.489. The number of carbonyl (C=O) groups is 2. The minimum Gasteiger partial charge on any atom is -0.489 e. The molecule has 1 aliphatic heterocycles. The normalized spacial score (nSPS) is 17.7. The first kappa shape index (κ1) is 21.2. The number of amidine groups is 1. The van der Waals surface area contributed by atoms with Gasteiger partial charge in [-0.15, -0.1) is 5.10 Å². The minimum absolute atomic E-state index is 0.266. The third-order valence-electron chi connectivity index (χ3n) is 3.76. The second kappa shape index (κ2) is 9.78. The van der Waals surface area contributed by atoms with Gasteiger partial charge in [0.1, 0.15) is 17.6 Å². The van der Waals surface area contributed by atoms with Crippen LogP contribution >= 0.6 is 35.0 Å². The molecule has 0 saturated carbocycles. The molecule has 0 aromatic heterocycles. The van der Waals surface area contributed by atoms with Gasteiger partial charge in [-0.3, -0.25) is 9.59 Å². The molecule has 1 atom stereocenters. The first-order chi connectivity index (χ1) is 13.9. The largest absolute Gasteiger partial charge is 0.489 e. The van der Waals surface area contributed by atoms with Gasteiger partial charge in [0, 0.05) is 15.6 Å². The van der Waals surface area contributed by atoms with Crippen LogP contribution in [0.2, 0.25) is 10.0 Å². The van der Waals surface area contributed by atoms with Gasteiger partial charge in [0.2, 0.25) is 5.91 Å². The van der Waals surface area contributed by atoms with E-state index >= 15 is 0 Å². The second-order valence-corrected chi connectivity index (χ2v) is 7.98. The standard InChI is InChI=1S/C19H15Cl2N3O4S/c20-13-5-4-12(15(21)7-13)10-28-14-3-1-2-11(6-14)9-22-24-19-23-18(27)16(29-19)8-17(25)26/h1-7,9,16H,8,10H2,(H,25,26)(H,23,24,27). The molecule has 1 saturated heterocycles. The second-order valence-electron chi connectivity index (χ2n) is 5.94. The van der Waals surface area contributed by atoms with Crippen molar-refractivity contribution < 1.29 is 19.4 Å². The highest BCUT2D eigenvalue weighted by atomic mass is 35.5. The molecular weight excluding hydrogens is 437 g/mol. The summed E-state index contributed by atoms with van der Waals surface area (Å²) in [5.41, 5.74) is 1.55. The number of hydrogen-bond donors (Lipinski definition) is 2. The van der Waals surface area contributed by atoms with Crippen LogP contribution in [0.15, 0.2) is 52.7 Å². The number of rotatable bonds is 7. The van der Waals surface area contributed by atoms with E-state index in [1.165, 1.54) is 6.21 Å². The summed E-state index contributed by atoms with van der Waals surface area (Å²) < 4.78 is 5.76. The summed E-state index contributed by atoms with van der Waals surface area (Å²) in [5, 5.41) is 19.8. The van der Waals surface area contributed by atoms with E-state index in [0.717, 1.165) is 22.9 Å². The van der Waals surface area contributed by atoms with Crippen molar-refractivity contribution in [1.82, 2.24) is 5.32 Å². The van der Waals surface area contributed by atoms with Crippen molar-refractivity contribution in [3.63, 3.8) is 0 Å². The monoisotopic (exact) mass is 451 g/mol. The number of carboxylic acid groups (broad SMARTS) is 1. The van der Waals surface area contributed by atoms with Crippen LogP contribution in [-0.2, 0) is 16.2 Å². The molecule has 0 radical (unpaired) electrons. The lowest BCUT2D eigenvalue weighted by Gasteiger charge is -2.08. The van der Waals surface area contributed by atoms with Crippen molar-refractivity contribution in [2.24, 2.45) is 10.2 Å². The Bertz CT molecular complexity index is 997. The highest BCUT2D eigenvalue weighted by molar-refractivity contribution is 8.15. The summed E-state index contributed by atoms with van der Waals surface area (Å²) in [6, 6.07) is 12.4. The number of halogens is 2. The highest BCUT2D eigenvalue weighted by Gasteiger charge is 2.32. The maximum absolute atomic E-state index is 11.7. The molecule has 2 aromatic carbocycles. The molecule has 1 aliphatic rings. The van der Waals surface area contributed by atoms with E-state index in [1.807, 2.05) is 12.1 Å². The van der Waals surface area contributed by atoms with E-state index in [9.17, 15) is 9.59 Å². The van der Waals surface area contributed by atoms with Crippen LogP contribution in [-0.4, -0.2) is 33.6 Å². The fourth-order valence-corrected chi connectivity index (χ4v) is 3.76. The number of hydrogen-bond acceptors (Lipinski definition) is 6. The molecule has 0 bridgehead atoms. The Morgan fingerprint density at radius 1 is 1.28 bits per heavy atom. The van der Waals surface area contributed by atoms with E-state index in [4.69, 9.17) is 33.0 Å². The first-order valence-corrected chi connectivity index (χ1v) is 10.0. The van der Waals surface area contributed by atoms with Crippen molar-refractivity contribution in [3.05, 3.63) is 63.6 Å². The maximum Gasteiger partial charge on any atom is 0.305 e. The summed E-state index contributed by atoms with van der Waals surface area (Å²) in [6.45, 7) is 0.284. The number of amides is 1. The number of thioether (sulfide) groups is 1. The zero-order valence-electron chi connectivity index (χ0n) is 14.8. The molecule has 10 heteroatoms. The van der Waals surface area contributed by atoms with E-state index in [-0.39, 0.29) is 24.1 Å². The van der Waals surface area contributed by atoms with Gasteiger partial charge in [-0.25, -0.2) is 0 Å². The van der Waals surface area contributed by atoms with Crippen molar-refractivity contribution in [1.29, 1.82) is 0 Å². The van der Waals surface area contributed by atoms with Crippen LogP contribution in [0.3, 0.4) is 0 Å². The van der Waals surface area contributed by atoms with Crippen molar-refractivity contribution in [2.75, 3.05) is 0 Å². The van der Waals surface area contributed by atoms with Crippen molar-refractivity contribution >= 4 is 58.2 Å². The molecule has 0 aliphatic carbocycles. The molecule has 1 heterocycles. The third-order valence-corrected chi connectivity index (χ3v) is 5.42. The molecule has 29 heavy (non-hydrogen) atoms. The Labute approximate surface area is 180 Å². The summed E-state index contributed by atoms with van der Waals surface area (Å²) >= 11 is 13.1. The number of benzene rings is 2. The number of carboxylic acids is 1. The van der Waals surface area contributed by atoms with Gasteiger partial charge in [-0.05, 0) is 29.8 Å². The van der Waals surface area contributed by atoms with E-state index < -0.39 is 11.2 Å². The van der Waals surface area contributed by atoms with Gasteiger partial charge in [0.25, 0.3) is 0 Å². The number of ether oxygens (including phenoxy) is 1. The van der Waals surface area contributed by atoms with E-state index in [2.05, 4.69) is 15.5 Å². The van der Waals surface area contributed by atoms with Crippen LogP contribution in [0.4, 0.5) is 0 Å². The van der Waals surface area contributed by atoms with Gasteiger partial charge in [0.15, 0.2) is 5.17 Å². The van der Waals surface area contributed by atoms with Crippen LogP contribution in [0.1, 0.15) is 17.5 Å². The van der Waals surface area contributed by atoms with Gasteiger partial charge in [-0.2, -0.15) is 5.10 Å². The predicted molar refractivity (Wildman–Crippen MR) is 114 cm³/mol. The predicted octanol–water partition coefficient (Wildman–Crippen LogP) is 3.97. The lowest BCUT2D eigenvalue weighted by molar-refractivity contribution is -0.138. The van der Waals surface area contributed by atoms with Crippen LogP contribution in [0.5, 0.6) is 5.75 Å². The number of aliphatic carboxylic acids is 1. The average molecular weight is 452 g/mol. The van der Waals surface area contributed by atoms with Crippen molar-refractivity contribution in [3.8, 4) is 5.75 Å². The Balaban J connectivity index is 1.59. The molecule has 2 N–H and O–H groups in total. The Morgan fingerprint density at radius 3 is 2.86 bits per heavy atom. The van der Waals surface area contributed by atoms with Gasteiger partial charge >= 0.3 is 5.97 Å². The van der Waals surface area contributed by atoms with Crippen LogP contribution in [0, 0.1) is 0 Å². The van der Waals surface area contributed by atoms with Crippen LogP contribution < -0.4 is 10.1 Å². The molecule has 0 spiro atoms. The Morgan fingerprint density at radius 2 is 2.10 bits per heavy atom. The topological polar surface area (TPSA) is 100 Å².